The Morgan fingerprint density at radius 2 is 2.10 bits per heavy atom. The molecule has 5 rings (SSSR count). The molecule has 5 saturated heterocycles. The van der Waals surface area contributed by atoms with Crippen LogP contribution in [0.25, 0.3) is 0 Å². The average molecular weight is 297 g/mol. The van der Waals surface area contributed by atoms with Crippen LogP contribution in [0.15, 0.2) is 0 Å². The Morgan fingerprint density at radius 1 is 1.14 bits per heavy atom. The predicted octanol–water partition coefficient (Wildman–Crippen LogP) is -1.45. The lowest BCUT2D eigenvalue weighted by Crippen LogP contribution is -2.74. The molecule has 5 aliphatic rings. The Morgan fingerprint density at radius 3 is 3.05 bits per heavy atom. The van der Waals surface area contributed by atoms with Gasteiger partial charge in [-0.05, 0) is 12.8 Å². The first kappa shape index (κ1) is 13.2. The van der Waals surface area contributed by atoms with Crippen LogP contribution in [0.4, 0.5) is 4.39 Å². The van der Waals surface area contributed by atoms with Gasteiger partial charge in [0.1, 0.15) is 12.4 Å². The van der Waals surface area contributed by atoms with Gasteiger partial charge in [0.2, 0.25) is 0 Å². The molecule has 0 spiro atoms. The number of hydrogen-bond acceptors (Lipinski definition) is 6. The fraction of sp³-hybridized carbons (Fsp3) is 1.00. The summed E-state index contributed by atoms with van der Waals surface area (Å²) in [6.07, 6.45) is 1.82. The highest BCUT2D eigenvalue weighted by Gasteiger charge is 2.54. The zero-order valence-electron chi connectivity index (χ0n) is 12.1. The quantitative estimate of drug-likeness (QED) is 0.439. The summed E-state index contributed by atoms with van der Waals surface area (Å²) in [5.41, 5.74) is 0. The summed E-state index contributed by atoms with van der Waals surface area (Å²) >= 11 is 0. The van der Waals surface area contributed by atoms with E-state index in [1.54, 1.807) is 0 Å². The smallest absolute Gasteiger partial charge is 0.128 e. The zero-order chi connectivity index (χ0) is 14.0. The molecule has 0 aromatic carbocycles. The third-order valence-electron chi connectivity index (χ3n) is 6.08. The van der Waals surface area contributed by atoms with Gasteiger partial charge >= 0.3 is 0 Å². The number of piperazine rings is 1. The SMILES string of the molecule is FC1CNC2OCC3C4CCC(CN3C3NCNC1C23)N4. The second-order valence-corrected chi connectivity index (χ2v) is 7.12. The van der Waals surface area contributed by atoms with E-state index in [0.717, 1.165) is 13.2 Å². The van der Waals surface area contributed by atoms with E-state index >= 15 is 0 Å². The normalized spacial score (nSPS) is 56.4. The molecule has 0 aromatic rings. The van der Waals surface area contributed by atoms with E-state index in [4.69, 9.17) is 4.74 Å². The third kappa shape index (κ3) is 1.92. The standard InChI is InChI=1S/C14H24FN5O/c15-8-3-16-14-11-12(8)17-6-18-13(11)20-4-7-1-2-9(19-7)10(20)5-21-14/h7-14,16-19H,1-6H2. The van der Waals surface area contributed by atoms with Gasteiger partial charge in [-0.3, -0.25) is 20.9 Å². The van der Waals surface area contributed by atoms with Gasteiger partial charge in [-0.25, -0.2) is 4.39 Å². The van der Waals surface area contributed by atoms with Crippen molar-refractivity contribution in [2.75, 3.05) is 26.4 Å². The van der Waals surface area contributed by atoms with Gasteiger partial charge in [0.15, 0.2) is 0 Å². The monoisotopic (exact) mass is 297 g/mol. The molecule has 0 radical (unpaired) electrons. The van der Waals surface area contributed by atoms with Crippen LogP contribution < -0.4 is 21.3 Å². The Labute approximate surface area is 124 Å². The molecular formula is C14H24FN5O. The number of ether oxygens (including phenoxy) is 1. The maximum Gasteiger partial charge on any atom is 0.128 e. The minimum absolute atomic E-state index is 0.0450. The van der Waals surface area contributed by atoms with E-state index in [0.29, 0.717) is 31.3 Å². The molecule has 0 aromatic heterocycles. The van der Waals surface area contributed by atoms with E-state index < -0.39 is 6.17 Å². The molecule has 6 nitrogen and oxygen atoms in total. The number of nitrogens with zero attached hydrogens (tertiary/aromatic N) is 1. The van der Waals surface area contributed by atoms with E-state index in [1.165, 1.54) is 12.8 Å². The Kier molecular flexibility index (Phi) is 3.03. The molecule has 8 atom stereocenters. The minimum Gasteiger partial charge on any atom is -0.361 e. The fourth-order valence-electron chi connectivity index (χ4n) is 5.13. The van der Waals surface area contributed by atoms with Crippen molar-refractivity contribution in [3.63, 3.8) is 0 Å². The van der Waals surface area contributed by atoms with Gasteiger partial charge in [-0.15, -0.1) is 0 Å². The molecule has 0 aliphatic carbocycles. The third-order valence-corrected chi connectivity index (χ3v) is 6.08. The average Bonchev–Trinajstić information content (AvgIpc) is 2.81. The highest BCUT2D eigenvalue weighted by Crippen LogP contribution is 2.36. The summed E-state index contributed by atoms with van der Waals surface area (Å²) < 4.78 is 20.5. The number of hydrogen-bond donors (Lipinski definition) is 4. The van der Waals surface area contributed by atoms with Crippen LogP contribution in [0.5, 0.6) is 0 Å². The molecule has 5 heterocycles. The lowest BCUT2D eigenvalue weighted by Gasteiger charge is -2.51. The van der Waals surface area contributed by atoms with Crippen LogP contribution in [0.3, 0.4) is 0 Å². The minimum atomic E-state index is -0.837. The number of nitrogens with one attached hydrogen (secondary N) is 4. The van der Waals surface area contributed by atoms with Crippen LogP contribution >= 0.6 is 0 Å². The molecular weight excluding hydrogens is 273 g/mol. The molecule has 5 aliphatic heterocycles. The van der Waals surface area contributed by atoms with Crippen molar-refractivity contribution in [2.24, 2.45) is 5.92 Å². The largest absolute Gasteiger partial charge is 0.361 e. The van der Waals surface area contributed by atoms with Crippen molar-refractivity contribution in [1.29, 1.82) is 0 Å². The first-order valence-electron chi connectivity index (χ1n) is 8.29. The van der Waals surface area contributed by atoms with Crippen LogP contribution in [-0.4, -0.2) is 74.0 Å². The van der Waals surface area contributed by atoms with Crippen LogP contribution in [-0.2, 0) is 4.74 Å². The molecule has 7 heteroatoms. The highest BCUT2D eigenvalue weighted by molar-refractivity contribution is 5.08. The molecule has 4 N–H and O–H groups in total. The van der Waals surface area contributed by atoms with Gasteiger partial charge < -0.3 is 10.1 Å². The van der Waals surface area contributed by atoms with E-state index in [9.17, 15) is 4.39 Å². The molecule has 5 fully saturated rings. The van der Waals surface area contributed by atoms with Crippen molar-refractivity contribution >= 4 is 0 Å². The summed E-state index contributed by atoms with van der Waals surface area (Å²) in [5, 5.41) is 13.9. The number of rotatable bonds is 0. The molecule has 0 saturated carbocycles. The topological polar surface area (TPSA) is 60.6 Å². The van der Waals surface area contributed by atoms with Gasteiger partial charge in [0.05, 0.1) is 12.8 Å². The van der Waals surface area contributed by atoms with Crippen LogP contribution in [0, 0.1) is 5.92 Å². The van der Waals surface area contributed by atoms with Crippen LogP contribution in [0.1, 0.15) is 12.8 Å². The van der Waals surface area contributed by atoms with Crippen molar-refractivity contribution in [3.8, 4) is 0 Å². The number of halogens is 1. The Bertz CT molecular complexity index is 426. The molecule has 8 unspecified atom stereocenters. The number of piperidine rings is 1. The second kappa shape index (κ2) is 4.84. The zero-order valence-corrected chi connectivity index (χ0v) is 12.1. The first-order valence-corrected chi connectivity index (χ1v) is 8.29. The highest BCUT2D eigenvalue weighted by atomic mass is 19.1. The summed E-state index contributed by atoms with van der Waals surface area (Å²) in [6, 6.07) is 1.43. The number of alkyl halides is 1. The molecule has 118 valence electrons. The summed E-state index contributed by atoms with van der Waals surface area (Å²) in [4.78, 5) is 2.57. The molecule has 2 bridgehead atoms. The van der Waals surface area contributed by atoms with Gasteiger partial charge in [-0.1, -0.05) is 0 Å². The van der Waals surface area contributed by atoms with E-state index in [2.05, 4.69) is 26.2 Å². The van der Waals surface area contributed by atoms with Crippen LogP contribution in [0.2, 0.25) is 0 Å². The first-order chi connectivity index (χ1) is 10.3. The summed E-state index contributed by atoms with van der Waals surface area (Å²) in [5.74, 6) is 0.130. The van der Waals surface area contributed by atoms with Gasteiger partial charge in [0.25, 0.3) is 0 Å². The fourth-order valence-corrected chi connectivity index (χ4v) is 5.13. The van der Waals surface area contributed by atoms with Crippen molar-refractivity contribution < 1.29 is 9.13 Å². The van der Waals surface area contributed by atoms with Gasteiger partial charge in [-0.2, -0.15) is 0 Å². The summed E-state index contributed by atoms with van der Waals surface area (Å²) in [7, 11) is 0. The number of fused-ring (bicyclic) bond motifs is 5. The van der Waals surface area contributed by atoms with Crippen molar-refractivity contribution in [1.82, 2.24) is 26.2 Å². The predicted molar refractivity (Wildman–Crippen MR) is 75.3 cm³/mol. The summed E-state index contributed by atoms with van der Waals surface area (Å²) in [6.45, 7) is 2.86. The maximum absolute atomic E-state index is 14.3. The Balaban J connectivity index is 1.50. The lowest BCUT2D eigenvalue weighted by molar-refractivity contribution is -0.0725. The van der Waals surface area contributed by atoms with Crippen molar-refractivity contribution in [3.05, 3.63) is 0 Å². The Hall–Kier alpha value is -0.310. The van der Waals surface area contributed by atoms with Crippen molar-refractivity contribution in [2.45, 2.75) is 55.6 Å². The maximum atomic E-state index is 14.3. The van der Waals surface area contributed by atoms with Gasteiger partial charge in [0, 0.05) is 49.8 Å². The molecule has 0 amide bonds. The van der Waals surface area contributed by atoms with E-state index in [1.807, 2.05) is 0 Å². The lowest BCUT2D eigenvalue weighted by atomic mass is 9.85. The molecule has 21 heavy (non-hydrogen) atoms. The second-order valence-electron chi connectivity index (χ2n) is 7.12. The van der Waals surface area contributed by atoms with E-state index in [-0.39, 0.29) is 24.4 Å².